The fourth-order valence-electron chi connectivity index (χ4n) is 2.29. The van der Waals surface area contributed by atoms with E-state index < -0.39 is 0 Å². The lowest BCUT2D eigenvalue weighted by Crippen LogP contribution is -2.14. The average molecular weight is 445 g/mol. The molecule has 5 nitrogen and oxygen atoms in total. The second-order valence-corrected chi connectivity index (χ2v) is 7.77. The Balaban J connectivity index is 1.69. The summed E-state index contributed by atoms with van der Waals surface area (Å²) in [6.07, 6.45) is 1.80. The summed E-state index contributed by atoms with van der Waals surface area (Å²) in [6, 6.07) is 14.1. The van der Waals surface area contributed by atoms with Crippen molar-refractivity contribution >= 4 is 39.5 Å². The molecule has 0 fully saturated rings. The number of halogens is 1. The first-order chi connectivity index (χ1) is 13.1. The molecule has 7 heteroatoms. The molecular formula is C20H21BrN4OS. The van der Waals surface area contributed by atoms with Crippen molar-refractivity contribution in [3.05, 3.63) is 57.5 Å². The van der Waals surface area contributed by atoms with Crippen LogP contribution in [-0.2, 0) is 6.61 Å². The number of aryl methyl sites for hydroxylation is 1. The Morgan fingerprint density at radius 3 is 2.78 bits per heavy atom. The lowest BCUT2D eigenvalue weighted by molar-refractivity contribution is 0.294. The van der Waals surface area contributed by atoms with Crippen molar-refractivity contribution in [1.29, 1.82) is 0 Å². The van der Waals surface area contributed by atoms with Gasteiger partial charge in [0.15, 0.2) is 0 Å². The summed E-state index contributed by atoms with van der Waals surface area (Å²) in [7, 11) is 1.98. The predicted molar refractivity (Wildman–Crippen MR) is 115 cm³/mol. The van der Waals surface area contributed by atoms with E-state index >= 15 is 0 Å². The molecule has 0 aliphatic rings. The van der Waals surface area contributed by atoms with Gasteiger partial charge in [-0.25, -0.2) is 9.98 Å². The zero-order chi connectivity index (χ0) is 19.2. The van der Waals surface area contributed by atoms with Crippen molar-refractivity contribution in [2.45, 2.75) is 20.5 Å². The van der Waals surface area contributed by atoms with Gasteiger partial charge in [0.2, 0.25) is 5.88 Å². The maximum atomic E-state index is 5.90. The van der Waals surface area contributed by atoms with Crippen molar-refractivity contribution in [1.82, 2.24) is 14.3 Å². The van der Waals surface area contributed by atoms with Crippen molar-refractivity contribution in [3.63, 3.8) is 0 Å². The Labute approximate surface area is 172 Å². The number of hydrogen-bond donors (Lipinski definition) is 0. The van der Waals surface area contributed by atoms with Crippen LogP contribution in [0, 0.1) is 6.92 Å². The zero-order valence-corrected chi connectivity index (χ0v) is 17.9. The van der Waals surface area contributed by atoms with E-state index in [1.165, 1.54) is 11.5 Å². The van der Waals surface area contributed by atoms with Crippen molar-refractivity contribution in [3.8, 4) is 17.1 Å². The molecule has 0 saturated heterocycles. The Kier molecular flexibility index (Phi) is 6.58. The van der Waals surface area contributed by atoms with E-state index in [0.717, 1.165) is 38.5 Å². The lowest BCUT2D eigenvalue weighted by atomic mass is 10.1. The van der Waals surface area contributed by atoms with Crippen LogP contribution in [-0.4, -0.2) is 34.2 Å². The highest BCUT2D eigenvalue weighted by Crippen LogP contribution is 2.31. The van der Waals surface area contributed by atoms with Crippen LogP contribution in [0.3, 0.4) is 0 Å². The van der Waals surface area contributed by atoms with Gasteiger partial charge in [0.05, 0.1) is 32.8 Å². The van der Waals surface area contributed by atoms with Gasteiger partial charge in [-0.05, 0) is 53.4 Å². The van der Waals surface area contributed by atoms with Crippen LogP contribution < -0.4 is 4.74 Å². The Morgan fingerprint density at radius 2 is 2.04 bits per heavy atom. The normalized spacial score (nSPS) is 11.1. The third kappa shape index (κ3) is 5.14. The van der Waals surface area contributed by atoms with Crippen LogP contribution in [0.2, 0.25) is 0 Å². The summed E-state index contributed by atoms with van der Waals surface area (Å²) in [5, 5.41) is 0. The Morgan fingerprint density at radius 1 is 1.26 bits per heavy atom. The van der Waals surface area contributed by atoms with E-state index in [1.54, 1.807) is 6.34 Å². The van der Waals surface area contributed by atoms with E-state index in [9.17, 15) is 0 Å². The van der Waals surface area contributed by atoms with E-state index in [-0.39, 0.29) is 0 Å². The first-order valence-corrected chi connectivity index (χ1v) is 10.2. The van der Waals surface area contributed by atoms with Crippen LogP contribution in [0.1, 0.15) is 17.5 Å². The molecule has 2 heterocycles. The molecule has 3 aromatic rings. The minimum absolute atomic E-state index is 0.427. The standard InChI is InChI=1S/C20H21BrN4OS/c1-4-25(3)13-22-18-11-17(21)20(23-14(18)2)26-12-16-10-19(24-27-16)15-8-6-5-7-9-15/h5-11,13H,4,12H2,1-3H3. The topological polar surface area (TPSA) is 50.6 Å². The fraction of sp³-hybridized carbons (Fsp3) is 0.250. The zero-order valence-electron chi connectivity index (χ0n) is 15.5. The minimum Gasteiger partial charge on any atom is -0.471 e. The molecule has 0 spiro atoms. The number of hydrogen-bond acceptors (Lipinski definition) is 5. The first-order valence-electron chi connectivity index (χ1n) is 8.62. The number of aromatic nitrogens is 2. The highest BCUT2D eigenvalue weighted by molar-refractivity contribution is 9.10. The summed E-state index contributed by atoms with van der Waals surface area (Å²) in [5.74, 6) is 0.560. The molecule has 0 aliphatic heterocycles. The maximum absolute atomic E-state index is 5.90. The summed E-state index contributed by atoms with van der Waals surface area (Å²) in [4.78, 5) is 12.1. The van der Waals surface area contributed by atoms with E-state index in [4.69, 9.17) is 4.74 Å². The second-order valence-electron chi connectivity index (χ2n) is 6.03. The third-order valence-corrected chi connectivity index (χ3v) is 5.31. The highest BCUT2D eigenvalue weighted by Gasteiger charge is 2.10. The molecule has 0 bridgehead atoms. The van der Waals surface area contributed by atoms with Gasteiger partial charge in [0, 0.05) is 19.2 Å². The molecule has 0 N–H and O–H groups in total. The first kappa shape index (κ1) is 19.5. The van der Waals surface area contributed by atoms with Gasteiger partial charge < -0.3 is 9.64 Å². The molecule has 140 valence electrons. The van der Waals surface area contributed by atoms with Crippen molar-refractivity contribution in [2.24, 2.45) is 4.99 Å². The van der Waals surface area contributed by atoms with Gasteiger partial charge in [-0.3, -0.25) is 0 Å². The minimum atomic E-state index is 0.427. The summed E-state index contributed by atoms with van der Waals surface area (Å²) >= 11 is 4.98. The SMILES string of the molecule is CCN(C)C=Nc1cc(Br)c(OCc2cc(-c3ccccc3)ns2)nc1C. The molecular weight excluding hydrogens is 424 g/mol. The second kappa shape index (κ2) is 9.10. The smallest absolute Gasteiger partial charge is 0.228 e. The summed E-state index contributed by atoms with van der Waals surface area (Å²) in [6.45, 7) is 5.33. The highest BCUT2D eigenvalue weighted by atomic mass is 79.9. The molecule has 27 heavy (non-hydrogen) atoms. The van der Waals surface area contributed by atoms with Gasteiger partial charge in [-0.1, -0.05) is 30.3 Å². The Hall–Kier alpha value is -2.25. The summed E-state index contributed by atoms with van der Waals surface area (Å²) < 4.78 is 11.2. The quantitative estimate of drug-likeness (QED) is 0.358. The fourth-order valence-corrected chi connectivity index (χ4v) is 3.36. The van der Waals surface area contributed by atoms with Gasteiger partial charge in [-0.2, -0.15) is 4.37 Å². The number of aliphatic imine (C=N–C) groups is 1. The van der Waals surface area contributed by atoms with Crippen LogP contribution in [0.5, 0.6) is 5.88 Å². The number of benzene rings is 1. The molecule has 1 aromatic carbocycles. The van der Waals surface area contributed by atoms with Crippen LogP contribution in [0.4, 0.5) is 5.69 Å². The van der Waals surface area contributed by atoms with Crippen LogP contribution in [0.15, 0.2) is 51.9 Å². The number of ether oxygens (including phenoxy) is 1. The number of pyridine rings is 1. The van der Waals surface area contributed by atoms with E-state index in [1.807, 2.05) is 43.1 Å². The van der Waals surface area contributed by atoms with E-state index in [2.05, 4.69) is 55.4 Å². The van der Waals surface area contributed by atoms with Crippen molar-refractivity contribution in [2.75, 3.05) is 13.6 Å². The lowest BCUT2D eigenvalue weighted by Gasteiger charge is -2.11. The van der Waals surface area contributed by atoms with Gasteiger partial charge in [0.25, 0.3) is 0 Å². The third-order valence-electron chi connectivity index (χ3n) is 3.98. The van der Waals surface area contributed by atoms with Gasteiger partial charge >= 0.3 is 0 Å². The molecule has 0 saturated carbocycles. The van der Waals surface area contributed by atoms with Crippen LogP contribution in [0.25, 0.3) is 11.3 Å². The molecule has 0 radical (unpaired) electrons. The van der Waals surface area contributed by atoms with Crippen molar-refractivity contribution < 1.29 is 4.74 Å². The van der Waals surface area contributed by atoms with Gasteiger partial charge in [0.1, 0.15) is 6.61 Å². The number of rotatable bonds is 7. The maximum Gasteiger partial charge on any atom is 0.228 e. The molecule has 0 atom stereocenters. The largest absolute Gasteiger partial charge is 0.471 e. The molecule has 0 amide bonds. The molecule has 2 aromatic heterocycles. The summed E-state index contributed by atoms with van der Waals surface area (Å²) in [5.41, 5.74) is 3.71. The monoisotopic (exact) mass is 444 g/mol. The van der Waals surface area contributed by atoms with E-state index in [0.29, 0.717) is 12.5 Å². The Bertz CT molecular complexity index is 927. The van der Waals surface area contributed by atoms with Crippen LogP contribution >= 0.6 is 27.5 Å². The molecule has 3 rings (SSSR count). The average Bonchev–Trinajstić information content (AvgIpc) is 3.16. The van der Waals surface area contributed by atoms with Gasteiger partial charge in [-0.15, -0.1) is 0 Å². The molecule has 0 aliphatic carbocycles. The predicted octanol–water partition coefficient (Wildman–Crippen LogP) is 5.47. The molecule has 0 unspecified atom stereocenters. The number of nitrogens with zero attached hydrogens (tertiary/aromatic N) is 4.